The van der Waals surface area contributed by atoms with E-state index < -0.39 is 0 Å². The van der Waals surface area contributed by atoms with Crippen molar-refractivity contribution in [2.75, 3.05) is 18.4 Å². The van der Waals surface area contributed by atoms with E-state index in [-0.39, 0.29) is 11.7 Å². The molecule has 1 aliphatic heterocycles. The maximum Gasteiger partial charge on any atom is 0.248 e. The lowest BCUT2D eigenvalue weighted by molar-refractivity contribution is -0.111. The van der Waals surface area contributed by atoms with E-state index in [0.717, 1.165) is 37.7 Å². The van der Waals surface area contributed by atoms with Gasteiger partial charge in [-0.25, -0.2) is 4.39 Å². The van der Waals surface area contributed by atoms with Gasteiger partial charge in [-0.15, -0.1) is 0 Å². The molecule has 2 aromatic carbocycles. The van der Waals surface area contributed by atoms with Crippen molar-refractivity contribution < 1.29 is 9.18 Å². The van der Waals surface area contributed by atoms with Crippen molar-refractivity contribution in [2.24, 2.45) is 0 Å². The monoisotopic (exact) mass is 364 g/mol. The molecular weight excluding hydrogens is 339 g/mol. The van der Waals surface area contributed by atoms with Gasteiger partial charge in [-0.3, -0.25) is 9.69 Å². The number of hydrogen-bond acceptors (Lipinski definition) is 2. The first-order valence-corrected chi connectivity index (χ1v) is 9.78. The molecule has 0 unspecified atom stereocenters. The van der Waals surface area contributed by atoms with Gasteiger partial charge in [-0.05, 0) is 72.7 Å². The molecule has 27 heavy (non-hydrogen) atoms. The van der Waals surface area contributed by atoms with Gasteiger partial charge in [-0.1, -0.05) is 24.6 Å². The molecule has 2 aliphatic rings. The second-order valence-corrected chi connectivity index (χ2v) is 7.48. The number of nitrogens with zero attached hydrogens (tertiary/aromatic N) is 1. The lowest BCUT2D eigenvalue weighted by atomic mass is 9.91. The van der Waals surface area contributed by atoms with Gasteiger partial charge in [0.1, 0.15) is 5.82 Å². The summed E-state index contributed by atoms with van der Waals surface area (Å²) in [6.07, 6.45) is 9.24. The smallest absolute Gasteiger partial charge is 0.248 e. The predicted molar refractivity (Wildman–Crippen MR) is 107 cm³/mol. The molecule has 0 atom stereocenters. The Labute approximate surface area is 159 Å². The second kappa shape index (κ2) is 8.05. The van der Waals surface area contributed by atoms with Crippen LogP contribution in [0.1, 0.15) is 36.0 Å². The van der Waals surface area contributed by atoms with E-state index >= 15 is 0 Å². The van der Waals surface area contributed by atoms with Gasteiger partial charge in [0.2, 0.25) is 5.91 Å². The van der Waals surface area contributed by atoms with E-state index in [1.165, 1.54) is 48.6 Å². The van der Waals surface area contributed by atoms with Crippen molar-refractivity contribution in [2.45, 2.75) is 38.1 Å². The minimum Gasteiger partial charge on any atom is -0.323 e. The highest BCUT2D eigenvalue weighted by molar-refractivity contribution is 6.02. The first-order chi connectivity index (χ1) is 13.2. The van der Waals surface area contributed by atoms with Gasteiger partial charge in [-0.2, -0.15) is 0 Å². The Morgan fingerprint density at radius 2 is 1.89 bits per heavy atom. The number of fused-ring (bicyclic) bond motifs is 1. The minimum absolute atomic E-state index is 0.205. The standard InChI is InChI=1S/C23H25FN2O/c24-20-4-1-3-17(15-20)7-10-23(27)25-21-9-8-18-11-13-26(22-5-2-6-22)14-12-19(18)16-21/h1,3-4,7-10,15-16,22H,2,5-6,11-14H2,(H,25,27). The Bertz CT molecular complexity index is 857. The van der Waals surface area contributed by atoms with Gasteiger partial charge in [0.05, 0.1) is 0 Å². The highest BCUT2D eigenvalue weighted by atomic mass is 19.1. The van der Waals surface area contributed by atoms with Crippen molar-refractivity contribution in [3.8, 4) is 0 Å². The lowest BCUT2D eigenvalue weighted by Gasteiger charge is -2.36. The molecule has 1 saturated carbocycles. The summed E-state index contributed by atoms with van der Waals surface area (Å²) in [5.74, 6) is -0.511. The average Bonchev–Trinajstić information content (AvgIpc) is 2.81. The summed E-state index contributed by atoms with van der Waals surface area (Å²) in [5.41, 5.74) is 4.22. The van der Waals surface area contributed by atoms with Crippen LogP contribution >= 0.6 is 0 Å². The molecule has 0 bridgehead atoms. The molecular formula is C23H25FN2O. The van der Waals surface area contributed by atoms with Crippen LogP contribution in [0.15, 0.2) is 48.5 Å². The molecule has 0 spiro atoms. The number of amides is 1. The molecule has 4 heteroatoms. The summed E-state index contributed by atoms with van der Waals surface area (Å²) in [4.78, 5) is 14.8. The van der Waals surface area contributed by atoms with Crippen molar-refractivity contribution in [1.29, 1.82) is 0 Å². The Kier molecular flexibility index (Phi) is 5.35. The number of carbonyl (C=O) groups is 1. The van der Waals surface area contributed by atoms with Crippen LogP contribution in [0.5, 0.6) is 0 Å². The number of rotatable bonds is 4. The maximum atomic E-state index is 13.2. The summed E-state index contributed by atoms with van der Waals surface area (Å²) in [6.45, 7) is 2.24. The van der Waals surface area contributed by atoms with Crippen LogP contribution in [0.3, 0.4) is 0 Å². The molecule has 1 aliphatic carbocycles. The van der Waals surface area contributed by atoms with Crippen LogP contribution < -0.4 is 5.32 Å². The van der Waals surface area contributed by atoms with Gasteiger partial charge >= 0.3 is 0 Å². The van der Waals surface area contributed by atoms with Crippen molar-refractivity contribution >= 4 is 17.7 Å². The van der Waals surface area contributed by atoms with Crippen LogP contribution in [0.4, 0.5) is 10.1 Å². The van der Waals surface area contributed by atoms with Crippen molar-refractivity contribution in [3.63, 3.8) is 0 Å². The van der Waals surface area contributed by atoms with Gasteiger partial charge in [0.25, 0.3) is 0 Å². The zero-order valence-corrected chi connectivity index (χ0v) is 15.5. The Morgan fingerprint density at radius 1 is 1.07 bits per heavy atom. The van der Waals surface area contributed by atoms with E-state index in [1.54, 1.807) is 18.2 Å². The number of halogens is 1. The summed E-state index contributed by atoms with van der Waals surface area (Å²) in [5, 5.41) is 2.92. The average molecular weight is 364 g/mol. The van der Waals surface area contributed by atoms with Crippen LogP contribution in [-0.2, 0) is 17.6 Å². The van der Waals surface area contributed by atoms with Crippen LogP contribution in [0, 0.1) is 5.82 Å². The zero-order valence-electron chi connectivity index (χ0n) is 15.5. The van der Waals surface area contributed by atoms with Gasteiger partial charge < -0.3 is 5.32 Å². The van der Waals surface area contributed by atoms with E-state index in [9.17, 15) is 9.18 Å². The molecule has 1 amide bonds. The summed E-state index contributed by atoms with van der Waals surface area (Å²) < 4.78 is 13.2. The Hall–Kier alpha value is -2.46. The van der Waals surface area contributed by atoms with E-state index in [1.807, 2.05) is 6.07 Å². The third-order valence-electron chi connectivity index (χ3n) is 5.68. The minimum atomic E-state index is -0.306. The fraction of sp³-hybridized carbons (Fsp3) is 0.348. The zero-order chi connectivity index (χ0) is 18.6. The predicted octanol–water partition coefficient (Wildman–Crippen LogP) is 4.43. The molecule has 4 rings (SSSR count). The van der Waals surface area contributed by atoms with Crippen LogP contribution in [0.25, 0.3) is 6.08 Å². The van der Waals surface area contributed by atoms with Gasteiger partial charge in [0, 0.05) is 30.9 Å². The molecule has 1 N–H and O–H groups in total. The van der Waals surface area contributed by atoms with Crippen LogP contribution in [-0.4, -0.2) is 29.9 Å². The van der Waals surface area contributed by atoms with Crippen molar-refractivity contribution in [3.05, 3.63) is 71.0 Å². The molecule has 3 nitrogen and oxygen atoms in total. The van der Waals surface area contributed by atoms with Crippen molar-refractivity contribution in [1.82, 2.24) is 4.90 Å². The highest BCUT2D eigenvalue weighted by Crippen LogP contribution is 2.28. The molecule has 1 heterocycles. The van der Waals surface area contributed by atoms with Crippen LogP contribution in [0.2, 0.25) is 0 Å². The topological polar surface area (TPSA) is 32.3 Å². The largest absolute Gasteiger partial charge is 0.323 e. The fourth-order valence-electron chi connectivity index (χ4n) is 3.90. The van der Waals surface area contributed by atoms with E-state index in [4.69, 9.17) is 0 Å². The lowest BCUT2D eigenvalue weighted by Crippen LogP contribution is -2.41. The molecule has 1 fully saturated rings. The quantitative estimate of drug-likeness (QED) is 0.814. The number of anilines is 1. The number of carbonyl (C=O) groups excluding carboxylic acids is 1. The van der Waals surface area contributed by atoms with Gasteiger partial charge in [0.15, 0.2) is 0 Å². The Morgan fingerprint density at radius 3 is 2.63 bits per heavy atom. The maximum absolute atomic E-state index is 13.2. The molecule has 0 radical (unpaired) electrons. The highest BCUT2D eigenvalue weighted by Gasteiger charge is 2.26. The summed E-state index contributed by atoms with van der Waals surface area (Å²) in [7, 11) is 0. The normalized spacial score (nSPS) is 18.0. The second-order valence-electron chi connectivity index (χ2n) is 7.48. The fourth-order valence-corrected chi connectivity index (χ4v) is 3.90. The SMILES string of the molecule is O=C(C=Cc1cccc(F)c1)Nc1ccc2c(c1)CCN(C1CCC1)CC2. The third kappa shape index (κ3) is 4.45. The van der Waals surface area contributed by atoms with E-state index in [0.29, 0.717) is 5.56 Å². The van der Waals surface area contributed by atoms with E-state index in [2.05, 4.69) is 22.3 Å². The molecule has 0 saturated heterocycles. The molecule has 0 aromatic heterocycles. The number of hydrogen-bond donors (Lipinski definition) is 1. The summed E-state index contributed by atoms with van der Waals surface area (Å²) in [6, 6.07) is 13.2. The molecule has 140 valence electrons. The number of nitrogens with one attached hydrogen (secondary N) is 1. The summed E-state index contributed by atoms with van der Waals surface area (Å²) >= 11 is 0. The number of benzene rings is 2. The first kappa shape index (κ1) is 17.9. The first-order valence-electron chi connectivity index (χ1n) is 9.78. The molecule has 2 aromatic rings. The Balaban J connectivity index is 1.39. The third-order valence-corrected chi connectivity index (χ3v) is 5.68.